The van der Waals surface area contributed by atoms with Gasteiger partial charge in [-0.15, -0.1) is 0 Å². The minimum absolute atomic E-state index is 0.184. The smallest absolute Gasteiger partial charge is 0.138 e. The first kappa shape index (κ1) is 21.6. The summed E-state index contributed by atoms with van der Waals surface area (Å²) in [6.45, 7) is 0. The zero-order chi connectivity index (χ0) is 24.1. The molecule has 0 unspecified atom stereocenters. The van der Waals surface area contributed by atoms with Crippen LogP contribution < -0.4 is 0 Å². The summed E-state index contributed by atoms with van der Waals surface area (Å²) in [5, 5.41) is 47.9. The summed E-state index contributed by atoms with van der Waals surface area (Å²) in [5.41, 5.74) is 4.47. The number of nitrogens with zero attached hydrogens (tertiary/aromatic N) is 5. The SMILES string of the molecule is N#CC(C#N)=C1C(=C(C#N)C#N)C1=C(C#N)c1cc(-c2ccccc2)ccc1-c1ccccc1. The molecule has 5 heteroatoms. The Bertz CT molecular complexity index is 1540. The van der Waals surface area contributed by atoms with E-state index in [1.165, 1.54) is 0 Å². The van der Waals surface area contributed by atoms with E-state index in [4.69, 9.17) is 0 Å². The Morgan fingerprint density at radius 2 is 0.971 bits per heavy atom. The van der Waals surface area contributed by atoms with E-state index in [2.05, 4.69) is 6.07 Å². The third-order valence-corrected chi connectivity index (χ3v) is 5.48. The predicted molar refractivity (Wildman–Crippen MR) is 126 cm³/mol. The molecular formula is C29H13N5. The van der Waals surface area contributed by atoms with Crippen molar-refractivity contribution < 1.29 is 0 Å². The van der Waals surface area contributed by atoms with Gasteiger partial charge in [-0.3, -0.25) is 0 Å². The monoisotopic (exact) mass is 431 g/mol. The number of benzene rings is 3. The highest BCUT2D eigenvalue weighted by Crippen LogP contribution is 2.53. The number of nitriles is 5. The second-order valence-electron chi connectivity index (χ2n) is 7.30. The van der Waals surface area contributed by atoms with Crippen molar-refractivity contribution in [3.05, 3.63) is 112 Å². The second-order valence-corrected chi connectivity index (χ2v) is 7.30. The van der Waals surface area contributed by atoms with Crippen LogP contribution in [0.1, 0.15) is 5.56 Å². The van der Waals surface area contributed by atoms with E-state index in [0.717, 1.165) is 22.3 Å². The maximum Gasteiger partial charge on any atom is 0.138 e. The molecule has 3 aromatic carbocycles. The Kier molecular flexibility index (Phi) is 5.85. The molecule has 4 rings (SSSR count). The zero-order valence-electron chi connectivity index (χ0n) is 17.7. The molecule has 34 heavy (non-hydrogen) atoms. The molecule has 0 radical (unpaired) electrons. The molecule has 0 heterocycles. The van der Waals surface area contributed by atoms with Crippen LogP contribution >= 0.6 is 0 Å². The average Bonchev–Trinajstić information content (AvgIpc) is 3.61. The van der Waals surface area contributed by atoms with Crippen LogP contribution in [0.3, 0.4) is 0 Å². The Labute approximate surface area is 196 Å². The lowest BCUT2D eigenvalue weighted by atomic mass is 9.90. The van der Waals surface area contributed by atoms with Crippen molar-refractivity contribution in [2.75, 3.05) is 0 Å². The number of rotatable bonds is 3. The minimum atomic E-state index is -0.235. The maximum atomic E-state index is 10.2. The van der Waals surface area contributed by atoms with Gasteiger partial charge in [-0.05, 0) is 28.3 Å². The van der Waals surface area contributed by atoms with Gasteiger partial charge in [0.1, 0.15) is 41.5 Å². The Morgan fingerprint density at radius 3 is 1.44 bits per heavy atom. The predicted octanol–water partition coefficient (Wildman–Crippen LogP) is 6.00. The van der Waals surface area contributed by atoms with Gasteiger partial charge >= 0.3 is 0 Å². The third kappa shape index (κ3) is 3.73. The molecule has 0 bridgehead atoms. The number of hydrogen-bond acceptors (Lipinski definition) is 5. The average molecular weight is 431 g/mol. The van der Waals surface area contributed by atoms with E-state index < -0.39 is 0 Å². The molecule has 1 saturated carbocycles. The first-order chi connectivity index (χ1) is 16.7. The highest BCUT2D eigenvalue weighted by Gasteiger charge is 2.41. The fourth-order valence-electron chi connectivity index (χ4n) is 3.89. The molecule has 5 nitrogen and oxygen atoms in total. The Balaban J connectivity index is 2.09. The van der Waals surface area contributed by atoms with Gasteiger partial charge < -0.3 is 0 Å². The lowest BCUT2D eigenvalue weighted by Gasteiger charge is -2.12. The van der Waals surface area contributed by atoms with Crippen LogP contribution in [0.15, 0.2) is 107 Å². The van der Waals surface area contributed by atoms with Gasteiger partial charge in [0.2, 0.25) is 0 Å². The first-order valence-corrected chi connectivity index (χ1v) is 10.2. The van der Waals surface area contributed by atoms with Crippen LogP contribution in [0.25, 0.3) is 27.8 Å². The molecule has 1 aliphatic rings. The lowest BCUT2D eigenvalue weighted by molar-refractivity contribution is 1.45. The van der Waals surface area contributed by atoms with Crippen LogP contribution in [0.2, 0.25) is 0 Å². The molecule has 1 fully saturated rings. The molecule has 154 valence electrons. The van der Waals surface area contributed by atoms with Crippen LogP contribution in [0, 0.1) is 56.7 Å². The van der Waals surface area contributed by atoms with Crippen LogP contribution in [-0.4, -0.2) is 0 Å². The summed E-state index contributed by atoms with van der Waals surface area (Å²) >= 11 is 0. The van der Waals surface area contributed by atoms with Crippen molar-refractivity contribution >= 4 is 5.57 Å². The van der Waals surface area contributed by atoms with Crippen LogP contribution in [0.4, 0.5) is 0 Å². The molecule has 0 aromatic heterocycles. The van der Waals surface area contributed by atoms with Crippen molar-refractivity contribution in [1.82, 2.24) is 0 Å². The maximum absolute atomic E-state index is 10.2. The van der Waals surface area contributed by atoms with Gasteiger partial charge in [0, 0.05) is 22.3 Å². The number of allylic oxidation sites excluding steroid dienone is 6. The largest absolute Gasteiger partial charge is 0.192 e. The van der Waals surface area contributed by atoms with Crippen molar-refractivity contribution in [2.45, 2.75) is 0 Å². The fraction of sp³-hybridized carbons (Fsp3) is 0. The van der Waals surface area contributed by atoms with E-state index in [1.54, 1.807) is 0 Å². The first-order valence-electron chi connectivity index (χ1n) is 10.2. The van der Waals surface area contributed by atoms with Crippen LogP contribution in [0.5, 0.6) is 0 Å². The topological polar surface area (TPSA) is 119 Å². The van der Waals surface area contributed by atoms with E-state index >= 15 is 0 Å². The Hall–Kier alpha value is -5.67. The van der Waals surface area contributed by atoms with Gasteiger partial charge in [-0.1, -0.05) is 72.8 Å². The highest BCUT2D eigenvalue weighted by atomic mass is 14.4. The molecule has 1 aliphatic carbocycles. The summed E-state index contributed by atoms with van der Waals surface area (Å²) in [7, 11) is 0. The van der Waals surface area contributed by atoms with Gasteiger partial charge in [-0.25, -0.2) is 0 Å². The van der Waals surface area contributed by atoms with E-state index in [-0.39, 0.29) is 27.9 Å². The van der Waals surface area contributed by atoms with Gasteiger partial charge in [-0.2, -0.15) is 26.3 Å². The molecule has 0 amide bonds. The molecular weight excluding hydrogens is 418 g/mol. The van der Waals surface area contributed by atoms with E-state index in [0.29, 0.717) is 11.1 Å². The molecule has 0 spiro atoms. The van der Waals surface area contributed by atoms with Crippen molar-refractivity contribution in [3.63, 3.8) is 0 Å². The molecule has 0 saturated heterocycles. The fourth-order valence-corrected chi connectivity index (χ4v) is 3.89. The van der Waals surface area contributed by atoms with E-state index in [1.807, 2.05) is 103 Å². The molecule has 0 N–H and O–H groups in total. The van der Waals surface area contributed by atoms with Crippen molar-refractivity contribution in [2.24, 2.45) is 0 Å². The normalized spacial score (nSPS) is 11.2. The third-order valence-electron chi connectivity index (χ3n) is 5.48. The van der Waals surface area contributed by atoms with Gasteiger partial charge in [0.25, 0.3) is 0 Å². The zero-order valence-corrected chi connectivity index (χ0v) is 17.7. The van der Waals surface area contributed by atoms with E-state index in [9.17, 15) is 26.3 Å². The quantitative estimate of drug-likeness (QED) is 0.471. The van der Waals surface area contributed by atoms with Gasteiger partial charge in [0.05, 0.1) is 5.57 Å². The second kappa shape index (κ2) is 9.22. The Morgan fingerprint density at radius 1 is 0.471 bits per heavy atom. The van der Waals surface area contributed by atoms with Crippen molar-refractivity contribution in [1.29, 1.82) is 26.3 Å². The summed E-state index contributed by atoms with van der Waals surface area (Å²) in [5.74, 6) is 0. The van der Waals surface area contributed by atoms with Crippen molar-refractivity contribution in [3.8, 4) is 52.6 Å². The summed E-state index contributed by atoms with van der Waals surface area (Å²) in [6.07, 6.45) is 0. The molecule has 0 aliphatic heterocycles. The molecule has 0 atom stereocenters. The number of hydrogen-bond donors (Lipinski definition) is 0. The minimum Gasteiger partial charge on any atom is -0.192 e. The highest BCUT2D eigenvalue weighted by molar-refractivity contribution is 6.03. The summed E-state index contributed by atoms with van der Waals surface area (Å²) in [4.78, 5) is 0. The summed E-state index contributed by atoms with van der Waals surface area (Å²) < 4.78 is 0. The standard InChI is InChI=1S/C29H13N5/c30-14-22(15-31)27-28(23(16-32)17-33)29(27)26(18-34)25-13-21(19-7-3-1-4-8-19)11-12-24(25)20-9-5-2-6-10-20/h1-13H. The molecule has 3 aromatic rings. The van der Waals surface area contributed by atoms with Gasteiger partial charge in [0.15, 0.2) is 0 Å². The van der Waals surface area contributed by atoms with Crippen LogP contribution in [-0.2, 0) is 0 Å². The lowest BCUT2D eigenvalue weighted by Crippen LogP contribution is -1.91. The summed E-state index contributed by atoms with van der Waals surface area (Å²) in [6, 6.07) is 34.4.